The maximum absolute atomic E-state index is 12.2. The number of nitrogens with one attached hydrogen (secondary N) is 1. The van der Waals surface area contributed by atoms with Gasteiger partial charge in [-0.2, -0.15) is 0 Å². The van der Waals surface area contributed by atoms with Gasteiger partial charge in [0, 0.05) is 6.54 Å². The molecule has 2 atom stereocenters. The van der Waals surface area contributed by atoms with Crippen LogP contribution in [-0.2, 0) is 4.74 Å². The SMILES string of the molecule is CC1CN(C(=O)Nc2ccc(C(=O)O)cc2O)C(C)CO1. The molecule has 114 valence electrons. The lowest BCUT2D eigenvalue weighted by Crippen LogP contribution is -2.51. The highest BCUT2D eigenvalue weighted by molar-refractivity contribution is 5.93. The predicted octanol–water partition coefficient (Wildman–Crippen LogP) is 1.73. The van der Waals surface area contributed by atoms with Crippen molar-refractivity contribution in [1.29, 1.82) is 0 Å². The number of anilines is 1. The molecule has 1 aromatic rings. The van der Waals surface area contributed by atoms with E-state index in [-0.39, 0.29) is 35.2 Å². The van der Waals surface area contributed by atoms with Crippen molar-refractivity contribution in [3.8, 4) is 5.75 Å². The van der Waals surface area contributed by atoms with Crippen LogP contribution in [0.1, 0.15) is 24.2 Å². The molecule has 1 fully saturated rings. The fourth-order valence-corrected chi connectivity index (χ4v) is 2.14. The summed E-state index contributed by atoms with van der Waals surface area (Å²) in [5.41, 5.74) is 0.134. The van der Waals surface area contributed by atoms with Gasteiger partial charge in [0.2, 0.25) is 0 Å². The molecule has 1 aliphatic heterocycles. The van der Waals surface area contributed by atoms with Gasteiger partial charge in [-0.15, -0.1) is 0 Å². The Bertz CT molecular complexity index is 560. The average Bonchev–Trinajstić information content (AvgIpc) is 2.43. The van der Waals surface area contributed by atoms with Crippen LogP contribution in [0.3, 0.4) is 0 Å². The van der Waals surface area contributed by atoms with Gasteiger partial charge in [0.25, 0.3) is 0 Å². The van der Waals surface area contributed by atoms with Gasteiger partial charge in [0.15, 0.2) is 0 Å². The van der Waals surface area contributed by atoms with Gasteiger partial charge in [0.05, 0.1) is 30.0 Å². The molecule has 3 N–H and O–H groups in total. The first-order chi connectivity index (χ1) is 9.88. The number of aromatic hydroxyl groups is 1. The first-order valence-corrected chi connectivity index (χ1v) is 6.64. The number of hydrogen-bond donors (Lipinski definition) is 3. The molecule has 1 aromatic carbocycles. The number of aromatic carboxylic acids is 1. The summed E-state index contributed by atoms with van der Waals surface area (Å²) in [4.78, 5) is 24.6. The standard InChI is InChI=1S/C14H18N2O5/c1-8-7-21-9(2)6-16(8)14(20)15-11-4-3-10(13(18)19)5-12(11)17/h3-5,8-9,17H,6-7H2,1-2H3,(H,15,20)(H,18,19). The summed E-state index contributed by atoms with van der Waals surface area (Å²) in [5, 5.41) is 21.2. The van der Waals surface area contributed by atoms with Gasteiger partial charge in [0.1, 0.15) is 5.75 Å². The lowest BCUT2D eigenvalue weighted by molar-refractivity contribution is -0.0296. The van der Waals surface area contributed by atoms with Crippen molar-refractivity contribution in [2.45, 2.75) is 26.0 Å². The first kappa shape index (κ1) is 15.1. The molecule has 2 rings (SSSR count). The normalized spacial score (nSPS) is 21.9. The number of rotatable bonds is 2. The number of phenols is 1. The summed E-state index contributed by atoms with van der Waals surface area (Å²) in [5.74, 6) is -1.42. The molecule has 0 aliphatic carbocycles. The zero-order valence-electron chi connectivity index (χ0n) is 11.9. The number of amides is 2. The number of carbonyl (C=O) groups is 2. The maximum atomic E-state index is 12.2. The molecule has 7 heteroatoms. The molecule has 1 saturated heterocycles. The summed E-state index contributed by atoms with van der Waals surface area (Å²) >= 11 is 0. The zero-order chi connectivity index (χ0) is 15.6. The summed E-state index contributed by atoms with van der Waals surface area (Å²) in [6, 6.07) is 3.37. The Balaban J connectivity index is 2.10. The molecule has 0 spiro atoms. The number of morpholine rings is 1. The summed E-state index contributed by atoms with van der Waals surface area (Å²) < 4.78 is 5.45. The highest BCUT2D eigenvalue weighted by Crippen LogP contribution is 2.25. The second kappa shape index (κ2) is 6.01. The number of ether oxygens (including phenoxy) is 1. The number of urea groups is 1. The van der Waals surface area contributed by atoms with E-state index in [4.69, 9.17) is 9.84 Å². The van der Waals surface area contributed by atoms with E-state index in [1.807, 2.05) is 13.8 Å². The van der Waals surface area contributed by atoms with Crippen LogP contribution >= 0.6 is 0 Å². The van der Waals surface area contributed by atoms with Gasteiger partial charge in [-0.25, -0.2) is 9.59 Å². The Hall–Kier alpha value is -2.28. The fraction of sp³-hybridized carbons (Fsp3) is 0.429. The van der Waals surface area contributed by atoms with Crippen LogP contribution in [0.2, 0.25) is 0 Å². The predicted molar refractivity (Wildman–Crippen MR) is 75.7 cm³/mol. The highest BCUT2D eigenvalue weighted by Gasteiger charge is 2.27. The number of nitrogens with zero attached hydrogens (tertiary/aromatic N) is 1. The Morgan fingerprint density at radius 2 is 2.10 bits per heavy atom. The van der Waals surface area contributed by atoms with E-state index >= 15 is 0 Å². The van der Waals surface area contributed by atoms with Crippen molar-refractivity contribution < 1.29 is 24.5 Å². The molecular formula is C14H18N2O5. The molecule has 7 nitrogen and oxygen atoms in total. The summed E-state index contributed by atoms with van der Waals surface area (Å²) in [6.07, 6.45) is -0.0464. The Kier molecular flexibility index (Phi) is 4.32. The van der Waals surface area contributed by atoms with E-state index in [2.05, 4.69) is 5.32 Å². The Morgan fingerprint density at radius 1 is 1.38 bits per heavy atom. The van der Waals surface area contributed by atoms with Gasteiger partial charge in [-0.05, 0) is 32.0 Å². The molecule has 0 bridgehead atoms. The lowest BCUT2D eigenvalue weighted by Gasteiger charge is -2.36. The molecule has 2 unspecified atom stereocenters. The van der Waals surface area contributed by atoms with E-state index in [0.717, 1.165) is 6.07 Å². The van der Waals surface area contributed by atoms with E-state index < -0.39 is 5.97 Å². The van der Waals surface area contributed by atoms with Gasteiger partial charge in [-0.1, -0.05) is 0 Å². The minimum atomic E-state index is -1.14. The third-order valence-electron chi connectivity index (χ3n) is 3.35. The maximum Gasteiger partial charge on any atom is 0.335 e. The van der Waals surface area contributed by atoms with Crippen molar-refractivity contribution in [3.63, 3.8) is 0 Å². The third-order valence-corrected chi connectivity index (χ3v) is 3.35. The minimum absolute atomic E-state index is 0.0427. The summed E-state index contributed by atoms with van der Waals surface area (Å²) in [6.45, 7) is 4.67. The van der Waals surface area contributed by atoms with Crippen molar-refractivity contribution in [1.82, 2.24) is 4.90 Å². The summed E-state index contributed by atoms with van der Waals surface area (Å²) in [7, 11) is 0. The number of carbonyl (C=O) groups excluding carboxylic acids is 1. The van der Waals surface area contributed by atoms with E-state index in [1.54, 1.807) is 4.90 Å². The Morgan fingerprint density at radius 3 is 2.71 bits per heavy atom. The van der Waals surface area contributed by atoms with Gasteiger partial charge < -0.3 is 25.2 Å². The molecule has 1 aliphatic rings. The van der Waals surface area contributed by atoms with Crippen LogP contribution in [0.5, 0.6) is 5.75 Å². The van der Waals surface area contributed by atoms with Crippen LogP contribution in [0.25, 0.3) is 0 Å². The van der Waals surface area contributed by atoms with E-state index in [9.17, 15) is 14.7 Å². The minimum Gasteiger partial charge on any atom is -0.506 e. The highest BCUT2D eigenvalue weighted by atomic mass is 16.5. The second-order valence-corrected chi connectivity index (χ2v) is 5.11. The molecule has 1 heterocycles. The van der Waals surface area contributed by atoms with Crippen LogP contribution in [-0.4, -0.2) is 52.4 Å². The fourth-order valence-electron chi connectivity index (χ4n) is 2.14. The number of carboxylic acids is 1. The largest absolute Gasteiger partial charge is 0.506 e. The van der Waals surface area contributed by atoms with Crippen LogP contribution in [0.15, 0.2) is 18.2 Å². The zero-order valence-corrected chi connectivity index (χ0v) is 11.9. The molecule has 21 heavy (non-hydrogen) atoms. The number of benzene rings is 1. The number of hydrogen-bond acceptors (Lipinski definition) is 4. The quantitative estimate of drug-likeness (QED) is 0.721. The van der Waals surface area contributed by atoms with E-state index in [1.165, 1.54) is 12.1 Å². The molecule has 0 aromatic heterocycles. The average molecular weight is 294 g/mol. The Labute approximate surface area is 122 Å². The van der Waals surface area contributed by atoms with Crippen LogP contribution < -0.4 is 5.32 Å². The molecular weight excluding hydrogens is 276 g/mol. The van der Waals surface area contributed by atoms with Gasteiger partial charge >= 0.3 is 12.0 Å². The topological polar surface area (TPSA) is 99.1 Å². The monoisotopic (exact) mass is 294 g/mol. The van der Waals surface area contributed by atoms with Gasteiger partial charge in [-0.3, -0.25) is 0 Å². The number of carboxylic acid groups (broad SMARTS) is 1. The van der Waals surface area contributed by atoms with Crippen molar-refractivity contribution >= 4 is 17.7 Å². The molecule has 0 radical (unpaired) electrons. The smallest absolute Gasteiger partial charge is 0.335 e. The van der Waals surface area contributed by atoms with Crippen LogP contribution in [0, 0.1) is 0 Å². The molecule has 0 saturated carbocycles. The van der Waals surface area contributed by atoms with Crippen molar-refractivity contribution in [2.75, 3.05) is 18.5 Å². The van der Waals surface area contributed by atoms with Crippen molar-refractivity contribution in [3.05, 3.63) is 23.8 Å². The first-order valence-electron chi connectivity index (χ1n) is 6.64. The van der Waals surface area contributed by atoms with Crippen LogP contribution in [0.4, 0.5) is 10.5 Å². The molecule has 2 amide bonds. The third kappa shape index (κ3) is 3.43. The number of phenolic OH excluding ortho intramolecular Hbond substituents is 1. The van der Waals surface area contributed by atoms with Crippen molar-refractivity contribution in [2.24, 2.45) is 0 Å². The lowest BCUT2D eigenvalue weighted by atomic mass is 10.2. The second-order valence-electron chi connectivity index (χ2n) is 5.11. The van der Waals surface area contributed by atoms with E-state index in [0.29, 0.717) is 13.2 Å².